The van der Waals surface area contributed by atoms with Gasteiger partial charge in [-0.3, -0.25) is 0 Å². The van der Waals surface area contributed by atoms with Crippen LogP contribution >= 0.6 is 28.1 Å². The number of imidazole rings is 1. The summed E-state index contributed by atoms with van der Waals surface area (Å²) >= 11 is 8.96. The van der Waals surface area contributed by atoms with Gasteiger partial charge in [-0.1, -0.05) is 15.9 Å². The van der Waals surface area contributed by atoms with E-state index in [1.165, 1.54) is 5.52 Å². The van der Waals surface area contributed by atoms with Crippen molar-refractivity contribution in [3.8, 4) is 0 Å². The van der Waals surface area contributed by atoms with E-state index in [0.29, 0.717) is 12.1 Å². The van der Waals surface area contributed by atoms with Crippen LogP contribution in [0.5, 0.6) is 0 Å². The Morgan fingerprint density at radius 2 is 2.33 bits per heavy atom. The number of rotatable bonds is 1. The molecule has 0 spiro atoms. The van der Waals surface area contributed by atoms with Crippen molar-refractivity contribution in [3.63, 3.8) is 0 Å². The number of H-pyrrole nitrogens is 1. The van der Waals surface area contributed by atoms with E-state index in [2.05, 4.69) is 50.6 Å². The molecular weight excluding hydrogens is 312 g/mol. The number of hydrogen-bond acceptors (Lipinski definition) is 2. The zero-order valence-corrected chi connectivity index (χ0v) is 12.6. The lowest BCUT2D eigenvalue weighted by Gasteiger charge is -2.28. The average Bonchev–Trinajstić information content (AvgIpc) is 2.64. The minimum absolute atomic E-state index is 0.311. The molecule has 3 rings (SSSR count). The number of halogens is 1. The first kappa shape index (κ1) is 12.4. The molecule has 0 bridgehead atoms. The molecule has 1 fully saturated rings. The van der Waals surface area contributed by atoms with Crippen LogP contribution in [0.3, 0.4) is 0 Å². The van der Waals surface area contributed by atoms with Crippen LogP contribution in [0.15, 0.2) is 22.7 Å². The first-order chi connectivity index (χ1) is 8.65. The second-order valence-electron chi connectivity index (χ2n) is 4.82. The molecule has 3 nitrogen and oxygen atoms in total. The maximum absolute atomic E-state index is 5.61. The Balaban J connectivity index is 2.10. The lowest BCUT2D eigenvalue weighted by Crippen LogP contribution is -2.25. The SMILES string of the molecule is CC1CC(n2c(=S)[nH]c3cc(Br)ccc32)CCO1. The topological polar surface area (TPSA) is 29.9 Å². The van der Waals surface area contributed by atoms with Crippen LogP contribution in [0.1, 0.15) is 25.8 Å². The van der Waals surface area contributed by atoms with Crippen LogP contribution in [-0.4, -0.2) is 22.3 Å². The van der Waals surface area contributed by atoms with Gasteiger partial charge in [0, 0.05) is 17.1 Å². The Labute approximate surface area is 119 Å². The van der Waals surface area contributed by atoms with Crippen molar-refractivity contribution in [1.29, 1.82) is 0 Å². The van der Waals surface area contributed by atoms with Crippen LogP contribution in [0.25, 0.3) is 11.0 Å². The molecule has 18 heavy (non-hydrogen) atoms. The molecule has 2 atom stereocenters. The highest BCUT2D eigenvalue weighted by Gasteiger charge is 2.22. The highest BCUT2D eigenvalue weighted by molar-refractivity contribution is 9.10. The Morgan fingerprint density at radius 1 is 1.50 bits per heavy atom. The van der Waals surface area contributed by atoms with Crippen LogP contribution < -0.4 is 0 Å². The first-order valence-electron chi connectivity index (χ1n) is 6.16. The Kier molecular flexibility index (Phi) is 3.30. The number of ether oxygens (including phenoxy) is 1. The number of aromatic amines is 1. The van der Waals surface area contributed by atoms with Crippen LogP contribution in [-0.2, 0) is 4.74 Å². The fourth-order valence-electron chi connectivity index (χ4n) is 2.67. The fraction of sp³-hybridized carbons (Fsp3) is 0.462. The third kappa shape index (κ3) is 2.15. The smallest absolute Gasteiger partial charge is 0.178 e. The van der Waals surface area contributed by atoms with Crippen molar-refractivity contribution >= 4 is 39.2 Å². The molecule has 1 aromatic heterocycles. The van der Waals surface area contributed by atoms with Crippen LogP contribution in [0, 0.1) is 4.77 Å². The molecule has 1 aromatic carbocycles. The quantitative estimate of drug-likeness (QED) is 0.796. The largest absolute Gasteiger partial charge is 0.378 e. The zero-order chi connectivity index (χ0) is 12.7. The summed E-state index contributed by atoms with van der Waals surface area (Å²) in [7, 11) is 0. The molecule has 5 heteroatoms. The summed E-state index contributed by atoms with van der Waals surface area (Å²) in [6, 6.07) is 6.69. The molecule has 0 aliphatic carbocycles. The molecule has 0 radical (unpaired) electrons. The van der Waals surface area contributed by atoms with Crippen LogP contribution in [0.4, 0.5) is 0 Å². The van der Waals surface area contributed by atoms with Crippen molar-refractivity contribution in [1.82, 2.24) is 9.55 Å². The lowest BCUT2D eigenvalue weighted by atomic mass is 10.0. The number of fused-ring (bicyclic) bond motifs is 1. The van der Waals surface area contributed by atoms with E-state index in [4.69, 9.17) is 17.0 Å². The number of hydrogen-bond donors (Lipinski definition) is 1. The normalized spacial score (nSPS) is 24.6. The maximum Gasteiger partial charge on any atom is 0.178 e. The summed E-state index contributed by atoms with van der Waals surface area (Å²) in [4.78, 5) is 3.29. The van der Waals surface area contributed by atoms with Crippen LogP contribution in [0.2, 0.25) is 0 Å². The van der Waals surface area contributed by atoms with E-state index in [0.717, 1.165) is 34.2 Å². The van der Waals surface area contributed by atoms with Gasteiger partial charge in [0.05, 0.1) is 17.1 Å². The van der Waals surface area contributed by atoms with Crippen molar-refractivity contribution in [3.05, 3.63) is 27.4 Å². The molecule has 1 aliphatic rings. The minimum atomic E-state index is 0.311. The molecule has 1 N–H and O–H groups in total. The van der Waals surface area contributed by atoms with Gasteiger partial charge < -0.3 is 14.3 Å². The predicted octanol–water partition coefficient (Wildman–Crippen LogP) is 4.20. The van der Waals surface area contributed by atoms with Crippen molar-refractivity contribution in [2.75, 3.05) is 6.61 Å². The van der Waals surface area contributed by atoms with E-state index in [1.807, 2.05) is 0 Å². The Hall–Kier alpha value is -0.650. The molecule has 2 heterocycles. The Bertz CT molecular complexity index is 633. The van der Waals surface area contributed by atoms with Gasteiger partial charge in [0.1, 0.15) is 0 Å². The monoisotopic (exact) mass is 326 g/mol. The second-order valence-corrected chi connectivity index (χ2v) is 6.12. The van der Waals surface area contributed by atoms with E-state index in [9.17, 15) is 0 Å². The van der Waals surface area contributed by atoms with E-state index >= 15 is 0 Å². The van der Waals surface area contributed by atoms with Crippen molar-refractivity contribution in [2.45, 2.75) is 31.9 Å². The summed E-state index contributed by atoms with van der Waals surface area (Å²) in [6.07, 6.45) is 2.37. The molecule has 0 amide bonds. The Morgan fingerprint density at radius 3 is 3.11 bits per heavy atom. The molecule has 1 aliphatic heterocycles. The molecule has 2 aromatic rings. The van der Waals surface area contributed by atoms with Gasteiger partial charge in [-0.2, -0.15) is 0 Å². The fourth-order valence-corrected chi connectivity index (χ4v) is 3.39. The highest BCUT2D eigenvalue weighted by Crippen LogP contribution is 2.30. The van der Waals surface area contributed by atoms with Gasteiger partial charge in [0.15, 0.2) is 4.77 Å². The van der Waals surface area contributed by atoms with Gasteiger partial charge >= 0.3 is 0 Å². The summed E-state index contributed by atoms with van der Waals surface area (Å²) in [6.45, 7) is 2.94. The number of benzene rings is 1. The van der Waals surface area contributed by atoms with Gasteiger partial charge in [-0.15, -0.1) is 0 Å². The predicted molar refractivity (Wildman–Crippen MR) is 78.5 cm³/mol. The number of aromatic nitrogens is 2. The minimum Gasteiger partial charge on any atom is -0.378 e. The molecule has 96 valence electrons. The summed E-state index contributed by atoms with van der Waals surface area (Å²) in [5.74, 6) is 0. The van der Waals surface area contributed by atoms with Gasteiger partial charge in [-0.25, -0.2) is 0 Å². The average molecular weight is 327 g/mol. The standard InChI is InChI=1S/C13H15BrN2OS/c1-8-6-10(4-5-17-8)16-12-3-2-9(14)7-11(12)15-13(16)18/h2-3,7-8,10H,4-6H2,1H3,(H,15,18). The molecule has 2 unspecified atom stereocenters. The zero-order valence-electron chi connectivity index (χ0n) is 10.1. The third-order valence-electron chi connectivity index (χ3n) is 3.50. The lowest BCUT2D eigenvalue weighted by molar-refractivity contribution is 0.00647. The summed E-state index contributed by atoms with van der Waals surface area (Å²) in [5.41, 5.74) is 2.27. The van der Waals surface area contributed by atoms with Gasteiger partial charge in [-0.05, 0) is 50.2 Å². The number of nitrogens with one attached hydrogen (secondary N) is 1. The second kappa shape index (κ2) is 4.79. The third-order valence-corrected chi connectivity index (χ3v) is 4.29. The summed E-state index contributed by atoms with van der Waals surface area (Å²) in [5, 5.41) is 0. The van der Waals surface area contributed by atoms with Crippen molar-refractivity contribution < 1.29 is 4.74 Å². The maximum atomic E-state index is 5.61. The van der Waals surface area contributed by atoms with Crippen molar-refractivity contribution in [2.24, 2.45) is 0 Å². The van der Waals surface area contributed by atoms with E-state index in [1.54, 1.807) is 0 Å². The molecule has 1 saturated heterocycles. The molecule has 0 saturated carbocycles. The highest BCUT2D eigenvalue weighted by atomic mass is 79.9. The van der Waals surface area contributed by atoms with E-state index < -0.39 is 0 Å². The molecular formula is C13H15BrN2OS. The number of nitrogens with zero attached hydrogens (tertiary/aromatic N) is 1. The van der Waals surface area contributed by atoms with Gasteiger partial charge in [0.2, 0.25) is 0 Å². The van der Waals surface area contributed by atoms with E-state index in [-0.39, 0.29) is 0 Å². The summed E-state index contributed by atoms with van der Waals surface area (Å²) < 4.78 is 9.73. The van der Waals surface area contributed by atoms with Gasteiger partial charge in [0.25, 0.3) is 0 Å². The first-order valence-corrected chi connectivity index (χ1v) is 7.36.